The first kappa shape index (κ1) is 24.7. The Bertz CT molecular complexity index is 611. The van der Waals surface area contributed by atoms with Crippen LogP contribution in [0.3, 0.4) is 0 Å². The van der Waals surface area contributed by atoms with Crippen LogP contribution in [0, 0.1) is 0 Å². The molecule has 0 aromatic rings. The van der Waals surface area contributed by atoms with Crippen LogP contribution >= 0.6 is 11.8 Å². The van der Waals surface area contributed by atoms with Crippen molar-refractivity contribution < 1.29 is 46.6 Å². The van der Waals surface area contributed by atoms with Gasteiger partial charge in [-0.2, -0.15) is 8.42 Å². The second-order valence-corrected chi connectivity index (χ2v) is 9.62. The number of hydrogen-bond donors (Lipinski definition) is 5. The molecular formula is C13H25NO10S3. The molecule has 6 atom stereocenters. The van der Waals surface area contributed by atoms with E-state index in [1.54, 1.807) is 6.26 Å². The zero-order valence-corrected chi connectivity index (χ0v) is 17.0. The van der Waals surface area contributed by atoms with Gasteiger partial charge in [-0.15, -0.1) is 0 Å². The largest absolute Gasteiger partial charge is 0.466 e. The summed E-state index contributed by atoms with van der Waals surface area (Å²) in [5.74, 6) is 0.522. The molecule has 0 radical (unpaired) electrons. The van der Waals surface area contributed by atoms with E-state index >= 15 is 0 Å². The summed E-state index contributed by atoms with van der Waals surface area (Å²) in [6.07, 6.45) is -2.11. The topological polar surface area (TPSA) is 183 Å². The Morgan fingerprint density at radius 2 is 1.85 bits per heavy atom. The minimum Gasteiger partial charge on any atom is -0.394 e. The molecule has 0 saturated carbocycles. The zero-order chi connectivity index (χ0) is 20.6. The fourth-order valence-corrected chi connectivity index (χ4v) is 4.22. The van der Waals surface area contributed by atoms with E-state index in [9.17, 15) is 33.1 Å². The van der Waals surface area contributed by atoms with Gasteiger partial charge in [0.05, 0.1) is 6.61 Å². The van der Waals surface area contributed by atoms with Gasteiger partial charge in [-0.1, -0.05) is 23.3 Å². The van der Waals surface area contributed by atoms with Gasteiger partial charge in [0.25, 0.3) is 0 Å². The first-order valence-electron chi connectivity index (χ1n) is 8.05. The Morgan fingerprint density at radius 1 is 1.19 bits per heavy atom. The van der Waals surface area contributed by atoms with E-state index in [1.165, 1.54) is 0 Å². The van der Waals surface area contributed by atoms with E-state index in [0.29, 0.717) is 25.0 Å². The van der Waals surface area contributed by atoms with Crippen LogP contribution in [-0.4, -0.2) is 91.1 Å². The number of aliphatic hydroxyl groups excluding tert-OH is 4. The number of thioether (sulfide) groups is 1. The minimum atomic E-state index is -4.83. The molecule has 1 heterocycles. The number of ether oxygens (including phenoxy) is 1. The van der Waals surface area contributed by atoms with Gasteiger partial charge in [-0.05, 0) is 19.3 Å². The molecule has 0 aliphatic carbocycles. The molecule has 1 saturated heterocycles. The highest BCUT2D eigenvalue weighted by Crippen LogP contribution is 2.30. The Balaban J connectivity index is 2.75. The standard InChI is InChI=1S/C13H25NO10S3/c1-26(19)6-4-2-3-5-9(14-24-27(20,21)22)25-13-12(18)11(17)10(16)8(7-15)23-13/h8,10-13,15-18H,2-7H2,1H3,(H,20,21,22)/b14-9-/t8-,10-,11-,12+,13-,26-/m1/s1. The summed E-state index contributed by atoms with van der Waals surface area (Å²) >= 11 is 0.739. The summed E-state index contributed by atoms with van der Waals surface area (Å²) in [7, 11) is -5.75. The molecule has 0 amide bonds. The molecule has 11 nitrogen and oxygen atoms in total. The third-order valence-electron chi connectivity index (χ3n) is 3.66. The molecule has 0 aromatic heterocycles. The summed E-state index contributed by atoms with van der Waals surface area (Å²) in [6, 6.07) is 0. The molecule has 5 N–H and O–H groups in total. The maximum Gasteiger partial charge on any atom is 0.466 e. The molecule has 14 heteroatoms. The fraction of sp³-hybridized carbons (Fsp3) is 0.923. The molecule has 1 aliphatic rings. The zero-order valence-electron chi connectivity index (χ0n) is 14.6. The molecule has 0 unspecified atom stereocenters. The van der Waals surface area contributed by atoms with Gasteiger partial charge in [-0.25, -0.2) is 4.28 Å². The number of aliphatic hydroxyl groups is 4. The second kappa shape index (κ2) is 11.6. The molecule has 1 fully saturated rings. The highest BCUT2D eigenvalue weighted by molar-refractivity contribution is 8.14. The van der Waals surface area contributed by atoms with Crippen LogP contribution in [-0.2, 0) is 30.2 Å². The van der Waals surface area contributed by atoms with E-state index in [4.69, 9.17) is 9.29 Å². The first-order valence-corrected chi connectivity index (χ1v) is 12.0. The summed E-state index contributed by atoms with van der Waals surface area (Å²) in [6.45, 7) is -0.607. The van der Waals surface area contributed by atoms with E-state index < -0.39 is 57.7 Å². The SMILES string of the molecule is C[S@@](=O)CCCCC/C(=N/OS(=O)(=O)O)S[C@H]1O[C@H](CO)[C@@H](O)[C@@H](O)[C@@H]1O. The predicted molar refractivity (Wildman–Crippen MR) is 98.8 cm³/mol. The van der Waals surface area contributed by atoms with Crippen LogP contribution < -0.4 is 0 Å². The van der Waals surface area contributed by atoms with Crippen LogP contribution in [0.1, 0.15) is 25.7 Å². The second-order valence-electron chi connectivity index (χ2n) is 5.89. The third kappa shape index (κ3) is 9.15. The Morgan fingerprint density at radius 3 is 2.41 bits per heavy atom. The van der Waals surface area contributed by atoms with Crippen molar-refractivity contribution in [2.24, 2.45) is 5.16 Å². The normalized spacial score (nSPS) is 30.9. The monoisotopic (exact) mass is 451 g/mol. The average Bonchev–Trinajstić information content (AvgIpc) is 2.58. The van der Waals surface area contributed by atoms with Crippen molar-refractivity contribution in [3.63, 3.8) is 0 Å². The van der Waals surface area contributed by atoms with Gasteiger partial charge < -0.3 is 25.2 Å². The summed E-state index contributed by atoms with van der Waals surface area (Å²) in [5, 5.41) is 42.2. The van der Waals surface area contributed by atoms with Crippen LogP contribution in [0.5, 0.6) is 0 Å². The molecule has 1 rings (SSSR count). The Hall–Kier alpha value is -0.320. The third-order valence-corrected chi connectivity index (χ3v) is 5.96. The van der Waals surface area contributed by atoms with E-state index in [-0.39, 0.29) is 11.5 Å². The van der Waals surface area contributed by atoms with E-state index in [1.807, 2.05) is 0 Å². The lowest BCUT2D eigenvalue weighted by molar-refractivity contribution is -0.205. The van der Waals surface area contributed by atoms with Crippen molar-refractivity contribution in [1.82, 2.24) is 0 Å². The van der Waals surface area contributed by atoms with Crippen LogP contribution in [0.4, 0.5) is 0 Å². The number of rotatable bonds is 10. The quantitative estimate of drug-likeness (QED) is 0.0864. The first-order chi connectivity index (χ1) is 12.5. The van der Waals surface area contributed by atoms with Crippen molar-refractivity contribution in [3.05, 3.63) is 0 Å². The number of nitrogens with zero attached hydrogens (tertiary/aromatic N) is 1. The van der Waals surface area contributed by atoms with Gasteiger partial charge in [0.15, 0.2) is 0 Å². The molecule has 0 aromatic carbocycles. The van der Waals surface area contributed by atoms with Crippen molar-refractivity contribution >= 4 is 38.0 Å². The molecular weight excluding hydrogens is 426 g/mol. The maximum absolute atomic E-state index is 11.0. The van der Waals surface area contributed by atoms with E-state index in [2.05, 4.69) is 9.44 Å². The molecule has 27 heavy (non-hydrogen) atoms. The molecule has 0 spiro atoms. The van der Waals surface area contributed by atoms with Crippen molar-refractivity contribution in [3.8, 4) is 0 Å². The summed E-state index contributed by atoms with van der Waals surface area (Å²) < 4.78 is 50.5. The van der Waals surface area contributed by atoms with Crippen molar-refractivity contribution in [2.45, 2.75) is 55.5 Å². The molecule has 1 aliphatic heterocycles. The maximum atomic E-state index is 11.0. The molecule has 160 valence electrons. The van der Waals surface area contributed by atoms with Crippen LogP contribution in [0.2, 0.25) is 0 Å². The lowest BCUT2D eigenvalue weighted by Crippen LogP contribution is -2.57. The van der Waals surface area contributed by atoms with Crippen molar-refractivity contribution in [2.75, 3.05) is 18.6 Å². The molecule has 0 bridgehead atoms. The number of hydrogen-bond acceptors (Lipinski definition) is 11. The smallest absolute Gasteiger partial charge is 0.394 e. The fourth-order valence-electron chi connectivity index (χ4n) is 2.27. The van der Waals surface area contributed by atoms with Crippen LogP contribution in [0.25, 0.3) is 0 Å². The summed E-state index contributed by atoms with van der Waals surface area (Å²) in [4.78, 5) is 0. The van der Waals surface area contributed by atoms with E-state index in [0.717, 1.165) is 11.8 Å². The average molecular weight is 452 g/mol. The predicted octanol–water partition coefficient (Wildman–Crippen LogP) is -1.41. The van der Waals surface area contributed by atoms with Gasteiger partial charge in [-0.3, -0.25) is 8.76 Å². The van der Waals surface area contributed by atoms with Gasteiger partial charge in [0.2, 0.25) is 0 Å². The Labute approximate surface area is 164 Å². The highest BCUT2D eigenvalue weighted by Gasteiger charge is 2.44. The lowest BCUT2D eigenvalue weighted by atomic mass is 10.0. The lowest BCUT2D eigenvalue weighted by Gasteiger charge is -2.39. The van der Waals surface area contributed by atoms with Crippen molar-refractivity contribution in [1.29, 1.82) is 0 Å². The minimum absolute atomic E-state index is 0.0505. The van der Waals surface area contributed by atoms with Gasteiger partial charge in [0.1, 0.15) is 34.9 Å². The summed E-state index contributed by atoms with van der Waals surface area (Å²) in [5.41, 5.74) is -1.16. The highest BCUT2D eigenvalue weighted by atomic mass is 32.3. The van der Waals surface area contributed by atoms with Gasteiger partial charge in [0, 0.05) is 22.8 Å². The van der Waals surface area contributed by atoms with Gasteiger partial charge >= 0.3 is 10.4 Å². The Kier molecular flexibility index (Phi) is 10.6. The number of unbranched alkanes of at least 4 members (excludes halogenated alkanes) is 2. The van der Waals surface area contributed by atoms with Crippen LogP contribution in [0.15, 0.2) is 5.16 Å². The number of oxime groups is 1.